The zero-order valence-electron chi connectivity index (χ0n) is 16.1. The van der Waals surface area contributed by atoms with Gasteiger partial charge in [-0.2, -0.15) is 0 Å². The van der Waals surface area contributed by atoms with Crippen LogP contribution in [0.1, 0.15) is 16.0 Å². The van der Waals surface area contributed by atoms with E-state index in [1.165, 1.54) is 21.0 Å². The summed E-state index contributed by atoms with van der Waals surface area (Å²) < 4.78 is 7.29. The molecule has 1 aromatic carbocycles. The highest BCUT2D eigenvalue weighted by molar-refractivity contribution is 7.14. The summed E-state index contributed by atoms with van der Waals surface area (Å²) >= 11 is 1.82. The molecule has 0 saturated carbocycles. The van der Waals surface area contributed by atoms with Gasteiger partial charge in [0, 0.05) is 48.2 Å². The van der Waals surface area contributed by atoms with Gasteiger partial charge in [0.15, 0.2) is 0 Å². The highest BCUT2D eigenvalue weighted by atomic mass is 32.1. The van der Waals surface area contributed by atoms with E-state index >= 15 is 0 Å². The maximum absolute atomic E-state index is 12.4. The number of carbonyl (C=O) groups excluding carboxylic acids is 1. The first-order valence-corrected chi connectivity index (χ1v) is 10.1. The average Bonchev–Trinajstić information content (AvgIpc) is 3.34. The Bertz CT molecular complexity index is 948. The van der Waals surface area contributed by atoms with Crippen LogP contribution in [0.25, 0.3) is 5.00 Å². The number of nitrogens with zero attached hydrogens (tertiary/aromatic N) is 2. The molecule has 0 bridgehead atoms. The number of hydrogen-bond acceptors (Lipinski definition) is 4. The van der Waals surface area contributed by atoms with Gasteiger partial charge in [0.05, 0.1) is 7.11 Å². The minimum absolute atomic E-state index is 0.212. The fraction of sp³-hybridized carbons (Fsp3) is 0.286. The fourth-order valence-electron chi connectivity index (χ4n) is 3.46. The van der Waals surface area contributed by atoms with Crippen LogP contribution in [-0.2, 0) is 19.5 Å². The first-order chi connectivity index (χ1) is 13.6. The molecule has 0 radical (unpaired) electrons. The van der Waals surface area contributed by atoms with E-state index in [-0.39, 0.29) is 6.03 Å². The van der Waals surface area contributed by atoms with Crippen molar-refractivity contribution < 1.29 is 9.53 Å². The van der Waals surface area contributed by atoms with Crippen molar-refractivity contribution in [2.24, 2.45) is 0 Å². The van der Waals surface area contributed by atoms with E-state index in [4.69, 9.17) is 4.74 Å². The van der Waals surface area contributed by atoms with Gasteiger partial charge in [-0.05, 0) is 55.4 Å². The maximum atomic E-state index is 12.4. The standard InChI is InChI=1S/C21H24N4O2S/c1-24-12-9-17-18(20(28-19(17)14-24)25-10-3-4-11-25)13-22-21(26)23-15-5-7-16(27-2)8-6-15/h3-8,10-11H,9,12-14H2,1-2H3,(H2,22,23,26). The predicted molar refractivity (Wildman–Crippen MR) is 113 cm³/mol. The number of carbonyl (C=O) groups is 1. The number of rotatable bonds is 5. The molecule has 0 saturated heterocycles. The van der Waals surface area contributed by atoms with E-state index < -0.39 is 0 Å². The molecule has 4 rings (SSSR count). The fourth-order valence-corrected chi connectivity index (χ4v) is 4.87. The Labute approximate surface area is 168 Å². The van der Waals surface area contributed by atoms with Crippen LogP contribution in [-0.4, -0.2) is 36.2 Å². The summed E-state index contributed by atoms with van der Waals surface area (Å²) in [7, 11) is 3.77. The molecule has 0 spiro atoms. The third-order valence-electron chi connectivity index (χ3n) is 4.95. The summed E-state index contributed by atoms with van der Waals surface area (Å²) in [5.74, 6) is 0.761. The molecule has 3 aromatic rings. The van der Waals surface area contributed by atoms with Gasteiger partial charge in [-0.15, -0.1) is 11.3 Å². The molecule has 0 atom stereocenters. The number of amides is 2. The lowest BCUT2D eigenvalue weighted by molar-refractivity contribution is 0.251. The quantitative estimate of drug-likeness (QED) is 0.689. The molecule has 0 unspecified atom stereocenters. The summed E-state index contributed by atoms with van der Waals surface area (Å²) in [6.45, 7) is 2.51. The van der Waals surface area contributed by atoms with Gasteiger partial charge in [-0.25, -0.2) is 4.79 Å². The zero-order chi connectivity index (χ0) is 19.5. The summed E-state index contributed by atoms with van der Waals surface area (Å²) in [5, 5.41) is 7.09. The van der Waals surface area contributed by atoms with Gasteiger partial charge < -0.3 is 24.8 Å². The van der Waals surface area contributed by atoms with Crippen LogP contribution in [0, 0.1) is 0 Å². The Balaban J connectivity index is 1.50. The van der Waals surface area contributed by atoms with Crippen molar-refractivity contribution in [3.8, 4) is 10.8 Å². The van der Waals surface area contributed by atoms with E-state index in [0.717, 1.165) is 30.9 Å². The van der Waals surface area contributed by atoms with E-state index in [2.05, 4.69) is 39.5 Å². The number of anilines is 1. The molecule has 2 amide bonds. The van der Waals surface area contributed by atoms with Crippen LogP contribution in [0.15, 0.2) is 48.8 Å². The summed E-state index contributed by atoms with van der Waals surface area (Å²) in [6.07, 6.45) is 5.13. The molecule has 2 aromatic heterocycles. The van der Waals surface area contributed by atoms with Crippen molar-refractivity contribution >= 4 is 23.1 Å². The molecule has 0 aliphatic carbocycles. The Morgan fingerprint density at radius 1 is 1.21 bits per heavy atom. The van der Waals surface area contributed by atoms with Crippen LogP contribution in [0.3, 0.4) is 0 Å². The van der Waals surface area contributed by atoms with Crippen molar-refractivity contribution in [2.75, 3.05) is 26.0 Å². The molecule has 1 aliphatic rings. The summed E-state index contributed by atoms with van der Waals surface area (Å²) in [4.78, 5) is 16.1. The Morgan fingerprint density at radius 3 is 2.68 bits per heavy atom. The topological polar surface area (TPSA) is 58.5 Å². The zero-order valence-corrected chi connectivity index (χ0v) is 16.9. The number of methoxy groups -OCH3 is 1. The average molecular weight is 397 g/mol. The van der Waals surface area contributed by atoms with Crippen LogP contribution in [0.2, 0.25) is 0 Å². The van der Waals surface area contributed by atoms with E-state index in [9.17, 15) is 4.79 Å². The van der Waals surface area contributed by atoms with Crippen molar-refractivity contribution in [1.82, 2.24) is 14.8 Å². The minimum atomic E-state index is -0.212. The second-order valence-corrected chi connectivity index (χ2v) is 7.99. The lowest BCUT2D eigenvalue weighted by Crippen LogP contribution is -2.30. The van der Waals surface area contributed by atoms with E-state index in [0.29, 0.717) is 6.54 Å². The second-order valence-electron chi connectivity index (χ2n) is 6.90. The third kappa shape index (κ3) is 3.90. The van der Waals surface area contributed by atoms with Crippen LogP contribution < -0.4 is 15.4 Å². The number of aromatic nitrogens is 1. The molecule has 3 heterocycles. The largest absolute Gasteiger partial charge is 0.497 e. The van der Waals surface area contributed by atoms with Crippen molar-refractivity contribution in [3.63, 3.8) is 0 Å². The van der Waals surface area contributed by atoms with Crippen molar-refractivity contribution in [2.45, 2.75) is 19.5 Å². The molecule has 28 heavy (non-hydrogen) atoms. The summed E-state index contributed by atoms with van der Waals surface area (Å²) in [6, 6.07) is 11.1. The van der Waals surface area contributed by atoms with E-state index in [1.807, 2.05) is 47.7 Å². The number of benzene rings is 1. The van der Waals surface area contributed by atoms with Crippen LogP contribution >= 0.6 is 11.3 Å². The van der Waals surface area contributed by atoms with Gasteiger partial charge in [0.2, 0.25) is 0 Å². The highest BCUT2D eigenvalue weighted by Gasteiger charge is 2.23. The van der Waals surface area contributed by atoms with E-state index in [1.54, 1.807) is 7.11 Å². The predicted octanol–water partition coefficient (Wildman–Crippen LogP) is 3.86. The van der Waals surface area contributed by atoms with Crippen molar-refractivity contribution in [1.29, 1.82) is 0 Å². The van der Waals surface area contributed by atoms with Gasteiger partial charge in [-0.3, -0.25) is 0 Å². The Kier molecular flexibility index (Phi) is 5.36. The first kappa shape index (κ1) is 18.6. The van der Waals surface area contributed by atoms with Gasteiger partial charge >= 0.3 is 6.03 Å². The first-order valence-electron chi connectivity index (χ1n) is 9.28. The number of ether oxygens (including phenoxy) is 1. The molecule has 2 N–H and O–H groups in total. The molecular weight excluding hydrogens is 372 g/mol. The summed E-state index contributed by atoms with van der Waals surface area (Å²) in [5.41, 5.74) is 3.34. The van der Waals surface area contributed by atoms with Gasteiger partial charge in [0.25, 0.3) is 0 Å². The monoisotopic (exact) mass is 396 g/mol. The normalized spacial score (nSPS) is 13.8. The Morgan fingerprint density at radius 2 is 1.96 bits per heavy atom. The molecule has 1 aliphatic heterocycles. The van der Waals surface area contributed by atoms with Crippen molar-refractivity contribution in [3.05, 3.63) is 64.8 Å². The number of nitrogens with one attached hydrogen (secondary N) is 2. The molecule has 7 heteroatoms. The third-order valence-corrected chi connectivity index (χ3v) is 6.22. The highest BCUT2D eigenvalue weighted by Crippen LogP contribution is 2.35. The lowest BCUT2D eigenvalue weighted by atomic mass is 10.0. The minimum Gasteiger partial charge on any atom is -0.497 e. The number of thiophene rings is 1. The smallest absolute Gasteiger partial charge is 0.319 e. The molecule has 0 fully saturated rings. The van der Waals surface area contributed by atoms with Crippen LogP contribution in [0.5, 0.6) is 5.75 Å². The number of fused-ring (bicyclic) bond motifs is 1. The van der Waals surface area contributed by atoms with Gasteiger partial charge in [-0.1, -0.05) is 0 Å². The SMILES string of the molecule is COc1ccc(NC(=O)NCc2c(-n3cccc3)sc3c2CCN(C)C3)cc1. The molecule has 146 valence electrons. The Hall–Kier alpha value is -2.77. The second kappa shape index (κ2) is 8.08. The lowest BCUT2D eigenvalue weighted by Gasteiger charge is -2.22. The number of hydrogen-bond donors (Lipinski definition) is 2. The molecule has 6 nitrogen and oxygen atoms in total. The maximum Gasteiger partial charge on any atom is 0.319 e. The van der Waals surface area contributed by atoms with Gasteiger partial charge in [0.1, 0.15) is 10.8 Å². The number of likely N-dealkylation sites (N-methyl/N-ethyl adjacent to an activating group) is 1. The van der Waals surface area contributed by atoms with Crippen LogP contribution in [0.4, 0.5) is 10.5 Å². The number of urea groups is 1. The molecular formula is C21H24N4O2S.